The van der Waals surface area contributed by atoms with E-state index in [4.69, 9.17) is 4.74 Å². The number of anilines is 2. The van der Waals surface area contributed by atoms with Crippen molar-refractivity contribution < 1.29 is 14.3 Å². The number of carbonyl (C=O) groups excluding carboxylic acids is 2. The molecule has 1 aromatic carbocycles. The molecular weight excluding hydrogens is 380 g/mol. The van der Waals surface area contributed by atoms with Gasteiger partial charge in [0.05, 0.1) is 23.5 Å². The van der Waals surface area contributed by atoms with Crippen LogP contribution in [0.1, 0.15) is 6.92 Å². The SMILES string of the molecule is C=CCN1C(=O)CSc2cnn(CC(=O)Nc3ccc(OCC)cc3)c(=O)c21. The lowest BCUT2D eigenvalue weighted by Crippen LogP contribution is -2.42. The van der Waals surface area contributed by atoms with Gasteiger partial charge in [-0.25, -0.2) is 4.68 Å². The lowest BCUT2D eigenvalue weighted by Gasteiger charge is -2.27. The van der Waals surface area contributed by atoms with Crippen LogP contribution in [0.4, 0.5) is 11.4 Å². The van der Waals surface area contributed by atoms with E-state index >= 15 is 0 Å². The van der Waals surface area contributed by atoms with Crippen molar-refractivity contribution in [2.24, 2.45) is 0 Å². The summed E-state index contributed by atoms with van der Waals surface area (Å²) in [7, 11) is 0. The number of nitrogens with one attached hydrogen (secondary N) is 1. The second-order valence-electron chi connectivity index (χ2n) is 5.91. The Hall–Kier alpha value is -3.07. The minimum atomic E-state index is -0.484. The molecule has 0 atom stereocenters. The van der Waals surface area contributed by atoms with Crippen molar-refractivity contribution in [2.45, 2.75) is 18.4 Å². The van der Waals surface area contributed by atoms with E-state index in [1.54, 1.807) is 30.3 Å². The molecule has 0 aliphatic carbocycles. The Kier molecular flexibility index (Phi) is 6.15. The third-order valence-electron chi connectivity index (χ3n) is 3.96. The highest BCUT2D eigenvalue weighted by Crippen LogP contribution is 2.31. The van der Waals surface area contributed by atoms with Crippen molar-refractivity contribution in [2.75, 3.05) is 29.1 Å². The molecule has 0 unspecified atom stereocenters. The van der Waals surface area contributed by atoms with E-state index in [9.17, 15) is 14.4 Å². The monoisotopic (exact) mass is 400 g/mol. The Morgan fingerprint density at radius 1 is 1.36 bits per heavy atom. The molecule has 2 heterocycles. The van der Waals surface area contributed by atoms with Crippen LogP contribution in [-0.4, -0.2) is 40.5 Å². The predicted octanol–water partition coefficient (Wildman–Crippen LogP) is 1.91. The van der Waals surface area contributed by atoms with Crippen molar-refractivity contribution in [1.82, 2.24) is 9.78 Å². The number of hydrogen-bond donors (Lipinski definition) is 1. The van der Waals surface area contributed by atoms with Crippen LogP contribution in [0.15, 0.2) is 52.8 Å². The van der Waals surface area contributed by atoms with Gasteiger partial charge in [-0.3, -0.25) is 14.4 Å². The van der Waals surface area contributed by atoms with Crippen LogP contribution in [0.5, 0.6) is 5.75 Å². The third kappa shape index (κ3) is 4.25. The molecule has 1 aliphatic rings. The van der Waals surface area contributed by atoms with E-state index in [1.165, 1.54) is 22.9 Å². The van der Waals surface area contributed by atoms with Gasteiger partial charge in [-0.2, -0.15) is 5.10 Å². The largest absolute Gasteiger partial charge is 0.494 e. The first-order valence-electron chi connectivity index (χ1n) is 8.70. The summed E-state index contributed by atoms with van der Waals surface area (Å²) in [5.74, 6) is 0.372. The van der Waals surface area contributed by atoms with Gasteiger partial charge in [0.1, 0.15) is 18.0 Å². The van der Waals surface area contributed by atoms with Gasteiger partial charge in [0.25, 0.3) is 5.56 Å². The van der Waals surface area contributed by atoms with E-state index in [0.717, 1.165) is 4.68 Å². The molecule has 2 amide bonds. The number of fused-ring (bicyclic) bond motifs is 1. The van der Waals surface area contributed by atoms with Crippen LogP contribution in [0, 0.1) is 0 Å². The number of ether oxygens (including phenoxy) is 1. The third-order valence-corrected chi connectivity index (χ3v) is 4.96. The lowest BCUT2D eigenvalue weighted by atomic mass is 10.3. The molecule has 2 aromatic rings. The molecule has 0 bridgehead atoms. The van der Waals surface area contributed by atoms with Gasteiger partial charge in [-0.05, 0) is 31.2 Å². The molecule has 146 valence electrons. The molecule has 1 N–H and O–H groups in total. The molecular formula is C19H20N4O4S. The minimum Gasteiger partial charge on any atom is -0.494 e. The fourth-order valence-corrected chi connectivity index (χ4v) is 3.62. The maximum absolute atomic E-state index is 12.8. The van der Waals surface area contributed by atoms with Gasteiger partial charge < -0.3 is 15.0 Å². The second kappa shape index (κ2) is 8.75. The maximum atomic E-state index is 12.8. The number of hydrogen-bond acceptors (Lipinski definition) is 6. The minimum absolute atomic E-state index is 0.175. The smallest absolute Gasteiger partial charge is 0.292 e. The number of amides is 2. The Morgan fingerprint density at radius 2 is 2.11 bits per heavy atom. The standard InChI is InChI=1S/C19H20N4O4S/c1-3-9-22-17(25)12-28-15-10-20-23(19(26)18(15)22)11-16(24)21-13-5-7-14(8-6-13)27-4-2/h3,5-8,10H,1,4,9,11-12H2,2H3,(H,21,24). The molecule has 0 saturated carbocycles. The summed E-state index contributed by atoms with van der Waals surface area (Å²) in [6.07, 6.45) is 3.06. The summed E-state index contributed by atoms with van der Waals surface area (Å²) in [4.78, 5) is 39.3. The summed E-state index contributed by atoms with van der Waals surface area (Å²) in [5.41, 5.74) is 0.338. The molecule has 3 rings (SSSR count). The molecule has 28 heavy (non-hydrogen) atoms. The summed E-state index contributed by atoms with van der Waals surface area (Å²) in [6, 6.07) is 6.93. The van der Waals surface area contributed by atoms with Gasteiger partial charge >= 0.3 is 0 Å². The number of nitrogens with zero attached hydrogens (tertiary/aromatic N) is 3. The van der Waals surface area contributed by atoms with Crippen molar-refractivity contribution in [1.29, 1.82) is 0 Å². The van der Waals surface area contributed by atoms with E-state index in [0.29, 0.717) is 22.9 Å². The first kappa shape index (κ1) is 19.7. The van der Waals surface area contributed by atoms with Crippen LogP contribution in [0.2, 0.25) is 0 Å². The summed E-state index contributed by atoms with van der Waals surface area (Å²) in [5, 5.41) is 6.79. The summed E-state index contributed by atoms with van der Waals surface area (Å²) in [6.45, 7) is 6.04. The van der Waals surface area contributed by atoms with E-state index in [2.05, 4.69) is 17.0 Å². The number of aromatic nitrogens is 2. The van der Waals surface area contributed by atoms with Gasteiger partial charge in [0.15, 0.2) is 0 Å². The lowest BCUT2D eigenvalue weighted by molar-refractivity contribution is -0.117. The highest BCUT2D eigenvalue weighted by atomic mass is 32.2. The number of rotatable bonds is 7. The molecule has 0 radical (unpaired) electrons. The summed E-state index contributed by atoms with van der Waals surface area (Å²) >= 11 is 1.26. The Labute approximate surface area is 166 Å². The molecule has 1 aromatic heterocycles. The van der Waals surface area contributed by atoms with E-state index in [-0.39, 0.29) is 30.4 Å². The van der Waals surface area contributed by atoms with Crippen molar-refractivity contribution in [3.63, 3.8) is 0 Å². The predicted molar refractivity (Wildman–Crippen MR) is 108 cm³/mol. The van der Waals surface area contributed by atoms with Crippen LogP contribution >= 0.6 is 11.8 Å². The summed E-state index contributed by atoms with van der Waals surface area (Å²) < 4.78 is 6.41. The molecule has 1 aliphatic heterocycles. The van der Waals surface area contributed by atoms with Gasteiger partial charge in [0.2, 0.25) is 11.8 Å². The quantitative estimate of drug-likeness (QED) is 0.714. The van der Waals surface area contributed by atoms with E-state index in [1.807, 2.05) is 6.92 Å². The Bertz CT molecular complexity index is 955. The molecule has 9 heteroatoms. The van der Waals surface area contributed by atoms with Crippen molar-refractivity contribution in [3.05, 3.63) is 53.5 Å². The van der Waals surface area contributed by atoms with Crippen LogP contribution in [-0.2, 0) is 16.1 Å². The Morgan fingerprint density at radius 3 is 2.79 bits per heavy atom. The van der Waals surface area contributed by atoms with Gasteiger partial charge in [-0.1, -0.05) is 6.08 Å². The fourth-order valence-electron chi connectivity index (χ4n) is 2.73. The molecule has 0 spiro atoms. The first-order chi connectivity index (χ1) is 13.5. The molecule has 0 saturated heterocycles. The van der Waals surface area contributed by atoms with E-state index < -0.39 is 11.5 Å². The zero-order valence-electron chi connectivity index (χ0n) is 15.4. The first-order valence-corrected chi connectivity index (χ1v) is 9.69. The molecule has 8 nitrogen and oxygen atoms in total. The number of carbonyl (C=O) groups is 2. The number of thioether (sulfide) groups is 1. The topological polar surface area (TPSA) is 93.5 Å². The average Bonchev–Trinajstić information content (AvgIpc) is 2.68. The van der Waals surface area contributed by atoms with Crippen LogP contribution in [0.3, 0.4) is 0 Å². The van der Waals surface area contributed by atoms with Crippen LogP contribution in [0.25, 0.3) is 0 Å². The zero-order chi connectivity index (χ0) is 20.1. The van der Waals surface area contributed by atoms with Gasteiger partial charge in [-0.15, -0.1) is 18.3 Å². The zero-order valence-corrected chi connectivity index (χ0v) is 16.2. The maximum Gasteiger partial charge on any atom is 0.292 e. The molecule has 0 fully saturated rings. The fraction of sp³-hybridized carbons (Fsp3) is 0.263. The van der Waals surface area contributed by atoms with Crippen LogP contribution < -0.4 is 20.5 Å². The second-order valence-corrected chi connectivity index (χ2v) is 6.92. The van der Waals surface area contributed by atoms with Gasteiger partial charge in [0, 0.05) is 12.2 Å². The Balaban J connectivity index is 1.77. The van der Waals surface area contributed by atoms with Crippen molar-refractivity contribution in [3.8, 4) is 5.75 Å². The van der Waals surface area contributed by atoms with Crippen molar-refractivity contribution >= 4 is 35.0 Å². The normalized spacial score (nSPS) is 13.0. The highest BCUT2D eigenvalue weighted by Gasteiger charge is 2.28. The highest BCUT2D eigenvalue weighted by molar-refractivity contribution is 8.00. The number of benzene rings is 1. The average molecular weight is 400 g/mol.